The first-order chi connectivity index (χ1) is 14.6. The highest BCUT2D eigenvalue weighted by atomic mass is 32.2. The van der Waals surface area contributed by atoms with Crippen LogP contribution in [0, 0.1) is 5.92 Å². The molecule has 1 aromatic carbocycles. The molecule has 0 bridgehead atoms. The number of nitrogens with one attached hydrogen (secondary N) is 2. The second kappa shape index (κ2) is 11.1. The lowest BCUT2D eigenvalue weighted by Gasteiger charge is -2.23. The Morgan fingerprint density at radius 1 is 1.16 bits per heavy atom. The van der Waals surface area contributed by atoms with E-state index in [1.165, 1.54) is 29.3 Å². The van der Waals surface area contributed by atoms with Crippen LogP contribution in [0.15, 0.2) is 29.2 Å². The Bertz CT molecular complexity index is 864. The van der Waals surface area contributed by atoms with E-state index in [1.54, 1.807) is 26.0 Å². The third-order valence-electron chi connectivity index (χ3n) is 5.61. The van der Waals surface area contributed by atoms with Crippen LogP contribution >= 0.6 is 0 Å². The van der Waals surface area contributed by atoms with E-state index in [-0.39, 0.29) is 22.3 Å². The van der Waals surface area contributed by atoms with Gasteiger partial charge in [-0.3, -0.25) is 9.59 Å². The largest absolute Gasteiger partial charge is 0.353 e. The summed E-state index contributed by atoms with van der Waals surface area (Å²) < 4.78 is 26.9. The van der Waals surface area contributed by atoms with E-state index in [2.05, 4.69) is 15.5 Å². The Balaban J connectivity index is 2.05. The number of likely N-dealkylation sites (N-methyl/N-ethyl adjacent to an activating group) is 1. The van der Waals surface area contributed by atoms with Crippen LogP contribution in [-0.2, 0) is 14.8 Å². The van der Waals surface area contributed by atoms with Crippen molar-refractivity contribution >= 4 is 21.8 Å². The van der Waals surface area contributed by atoms with Crippen molar-refractivity contribution in [1.29, 1.82) is 0 Å². The number of rotatable bonds is 12. The van der Waals surface area contributed by atoms with Crippen molar-refractivity contribution in [3.8, 4) is 0 Å². The third kappa shape index (κ3) is 6.75. The maximum Gasteiger partial charge on any atom is 0.251 e. The molecule has 0 heterocycles. The fourth-order valence-electron chi connectivity index (χ4n) is 3.43. The molecule has 1 aliphatic rings. The summed E-state index contributed by atoms with van der Waals surface area (Å²) in [5.41, 5.74) is 0.208. The molecule has 2 rings (SSSR count). The molecule has 1 atom stereocenters. The molecule has 0 radical (unpaired) electrons. The van der Waals surface area contributed by atoms with Crippen LogP contribution in [0.25, 0.3) is 0 Å². The van der Waals surface area contributed by atoms with Gasteiger partial charge in [-0.05, 0) is 44.0 Å². The summed E-state index contributed by atoms with van der Waals surface area (Å²) in [5.74, 6) is -0.826. The van der Waals surface area contributed by atoms with E-state index in [4.69, 9.17) is 0 Å². The number of benzene rings is 1. The van der Waals surface area contributed by atoms with Gasteiger partial charge in [0.2, 0.25) is 15.9 Å². The van der Waals surface area contributed by atoms with Gasteiger partial charge in [0.25, 0.3) is 5.91 Å². The van der Waals surface area contributed by atoms with Gasteiger partial charge in [-0.15, -0.1) is 0 Å². The SMILES string of the molecule is CCN(CC)S(=O)(=O)c1cccc(C(=O)NC(C(=O)NCCN(C)C2CC2)C(C)C)c1. The first-order valence-corrected chi connectivity index (χ1v) is 12.4. The Morgan fingerprint density at radius 3 is 2.35 bits per heavy atom. The van der Waals surface area contributed by atoms with Crippen LogP contribution in [0.3, 0.4) is 0 Å². The van der Waals surface area contributed by atoms with Crippen molar-refractivity contribution in [3.05, 3.63) is 29.8 Å². The molecule has 2 amide bonds. The monoisotopic (exact) mass is 452 g/mol. The third-order valence-corrected chi connectivity index (χ3v) is 7.65. The van der Waals surface area contributed by atoms with Crippen LogP contribution in [-0.4, -0.2) is 74.7 Å². The summed E-state index contributed by atoms with van der Waals surface area (Å²) in [6.07, 6.45) is 2.41. The van der Waals surface area contributed by atoms with Crippen LogP contribution < -0.4 is 10.6 Å². The summed E-state index contributed by atoms with van der Waals surface area (Å²) in [4.78, 5) is 27.8. The van der Waals surface area contributed by atoms with Crippen LogP contribution in [0.4, 0.5) is 0 Å². The molecule has 31 heavy (non-hydrogen) atoms. The Hall–Kier alpha value is -1.97. The maximum absolute atomic E-state index is 12.8. The molecule has 0 saturated heterocycles. The Kier molecular flexibility index (Phi) is 9.02. The molecule has 2 N–H and O–H groups in total. The molecular formula is C22H36N4O4S. The molecule has 174 valence electrons. The molecule has 0 spiro atoms. The average molecular weight is 453 g/mol. The molecular weight excluding hydrogens is 416 g/mol. The lowest BCUT2D eigenvalue weighted by Crippen LogP contribution is -2.50. The second-order valence-electron chi connectivity index (χ2n) is 8.32. The van der Waals surface area contributed by atoms with Gasteiger partial charge >= 0.3 is 0 Å². The number of carbonyl (C=O) groups is 2. The molecule has 1 saturated carbocycles. The Morgan fingerprint density at radius 2 is 1.81 bits per heavy atom. The normalized spacial score (nSPS) is 15.4. The first-order valence-electron chi connectivity index (χ1n) is 11.0. The van der Waals surface area contributed by atoms with Gasteiger partial charge in [0.1, 0.15) is 6.04 Å². The van der Waals surface area contributed by atoms with Crippen molar-refractivity contribution in [2.75, 3.05) is 33.2 Å². The quantitative estimate of drug-likeness (QED) is 0.503. The van der Waals surface area contributed by atoms with Gasteiger partial charge in [-0.1, -0.05) is 33.8 Å². The van der Waals surface area contributed by atoms with E-state index in [9.17, 15) is 18.0 Å². The smallest absolute Gasteiger partial charge is 0.251 e. The number of nitrogens with zero attached hydrogens (tertiary/aromatic N) is 2. The molecule has 1 unspecified atom stereocenters. The van der Waals surface area contributed by atoms with E-state index < -0.39 is 22.0 Å². The van der Waals surface area contributed by atoms with E-state index >= 15 is 0 Å². The number of carbonyl (C=O) groups excluding carboxylic acids is 2. The molecule has 1 aromatic rings. The van der Waals surface area contributed by atoms with Crippen molar-refractivity contribution in [3.63, 3.8) is 0 Å². The lowest BCUT2D eigenvalue weighted by atomic mass is 10.0. The predicted octanol–water partition coefficient (Wildman–Crippen LogP) is 1.68. The minimum absolute atomic E-state index is 0.0671. The van der Waals surface area contributed by atoms with Gasteiger partial charge in [0.05, 0.1) is 4.90 Å². The van der Waals surface area contributed by atoms with Crippen molar-refractivity contribution < 1.29 is 18.0 Å². The molecule has 0 aliphatic heterocycles. The summed E-state index contributed by atoms with van der Waals surface area (Å²) in [5, 5.41) is 5.67. The fourth-order valence-corrected chi connectivity index (χ4v) is 4.94. The maximum atomic E-state index is 12.8. The number of hydrogen-bond donors (Lipinski definition) is 2. The van der Waals surface area contributed by atoms with Crippen LogP contribution in [0.5, 0.6) is 0 Å². The van der Waals surface area contributed by atoms with Crippen LogP contribution in [0.1, 0.15) is 50.9 Å². The zero-order chi connectivity index (χ0) is 23.2. The highest BCUT2D eigenvalue weighted by Gasteiger charge is 2.28. The first kappa shape index (κ1) is 25.3. The molecule has 1 fully saturated rings. The minimum atomic E-state index is -3.67. The summed E-state index contributed by atoms with van der Waals surface area (Å²) in [6.45, 7) is 9.24. The van der Waals surface area contributed by atoms with Gasteiger partial charge in [0.15, 0.2) is 0 Å². The van der Waals surface area contributed by atoms with Gasteiger partial charge in [0, 0.05) is 37.8 Å². The minimum Gasteiger partial charge on any atom is -0.353 e. The van der Waals surface area contributed by atoms with E-state index in [1.807, 2.05) is 20.9 Å². The van der Waals surface area contributed by atoms with Gasteiger partial charge in [-0.25, -0.2) is 8.42 Å². The molecule has 0 aromatic heterocycles. The van der Waals surface area contributed by atoms with E-state index in [0.29, 0.717) is 25.7 Å². The molecule has 1 aliphatic carbocycles. The number of hydrogen-bond acceptors (Lipinski definition) is 5. The topological polar surface area (TPSA) is 98.8 Å². The average Bonchev–Trinajstić information content (AvgIpc) is 3.57. The van der Waals surface area contributed by atoms with E-state index in [0.717, 1.165) is 6.54 Å². The second-order valence-corrected chi connectivity index (χ2v) is 10.3. The van der Waals surface area contributed by atoms with Gasteiger partial charge < -0.3 is 15.5 Å². The van der Waals surface area contributed by atoms with Crippen molar-refractivity contribution in [2.24, 2.45) is 5.92 Å². The zero-order valence-electron chi connectivity index (χ0n) is 19.2. The van der Waals surface area contributed by atoms with Crippen molar-refractivity contribution in [1.82, 2.24) is 19.8 Å². The number of sulfonamides is 1. The Labute approximate surface area is 186 Å². The van der Waals surface area contributed by atoms with Gasteiger partial charge in [-0.2, -0.15) is 4.31 Å². The van der Waals surface area contributed by atoms with Crippen LogP contribution in [0.2, 0.25) is 0 Å². The lowest BCUT2D eigenvalue weighted by molar-refractivity contribution is -0.124. The predicted molar refractivity (Wildman–Crippen MR) is 121 cm³/mol. The zero-order valence-corrected chi connectivity index (χ0v) is 20.0. The fraction of sp³-hybridized carbons (Fsp3) is 0.636. The standard InChI is InChI=1S/C22H36N4O4S/c1-6-26(7-2)31(29,30)19-10-8-9-17(15-19)21(27)24-20(16(3)4)22(28)23-13-14-25(5)18-11-12-18/h8-10,15-16,18,20H,6-7,11-14H2,1-5H3,(H,23,28)(H,24,27). The summed E-state index contributed by atoms with van der Waals surface area (Å²) in [7, 11) is -1.62. The summed E-state index contributed by atoms with van der Waals surface area (Å²) in [6, 6.07) is 5.86. The number of amides is 2. The highest BCUT2D eigenvalue weighted by molar-refractivity contribution is 7.89. The highest BCUT2D eigenvalue weighted by Crippen LogP contribution is 2.24. The molecule has 8 nitrogen and oxygen atoms in total. The van der Waals surface area contributed by atoms with Crippen molar-refractivity contribution in [2.45, 2.75) is 57.5 Å². The summed E-state index contributed by atoms with van der Waals surface area (Å²) >= 11 is 0. The molecule has 9 heteroatoms.